The van der Waals surface area contributed by atoms with Gasteiger partial charge in [-0.05, 0) is 72.5 Å². The van der Waals surface area contributed by atoms with Gasteiger partial charge in [0.2, 0.25) is 5.76 Å². The molecule has 1 aliphatic heterocycles. The Labute approximate surface area is 213 Å². The van der Waals surface area contributed by atoms with Gasteiger partial charge in [0.25, 0.3) is 5.91 Å². The van der Waals surface area contributed by atoms with Gasteiger partial charge in [-0.3, -0.25) is 14.6 Å². The number of nitrogens with zero attached hydrogens (tertiary/aromatic N) is 2. The van der Waals surface area contributed by atoms with E-state index in [0.717, 1.165) is 22.3 Å². The molecule has 3 heterocycles. The average Bonchev–Trinajstić information content (AvgIpc) is 3.18. The molecule has 0 aliphatic carbocycles. The van der Waals surface area contributed by atoms with Crippen LogP contribution in [-0.4, -0.2) is 15.8 Å². The third kappa shape index (κ3) is 4.06. The molecule has 0 saturated carbocycles. The van der Waals surface area contributed by atoms with Crippen LogP contribution >= 0.6 is 0 Å². The minimum Gasteiger partial charge on any atom is -0.457 e. The van der Waals surface area contributed by atoms with Crippen molar-refractivity contribution in [2.24, 2.45) is 0 Å². The molecule has 0 radical (unpaired) electrons. The molecular formula is C31H24N2O4. The maximum Gasteiger partial charge on any atom is 0.291 e. The minimum absolute atomic E-state index is 0.0905. The van der Waals surface area contributed by atoms with E-state index in [4.69, 9.17) is 9.15 Å². The van der Waals surface area contributed by atoms with Crippen LogP contribution in [0.5, 0.6) is 11.5 Å². The van der Waals surface area contributed by atoms with Crippen molar-refractivity contribution in [3.8, 4) is 11.5 Å². The number of aromatic nitrogens is 1. The molecule has 6 heteroatoms. The number of hydrogen-bond donors (Lipinski definition) is 0. The van der Waals surface area contributed by atoms with E-state index in [-0.39, 0.29) is 23.6 Å². The number of rotatable bonds is 5. The molecule has 3 aromatic carbocycles. The van der Waals surface area contributed by atoms with Crippen LogP contribution in [0.3, 0.4) is 0 Å². The van der Waals surface area contributed by atoms with Crippen molar-refractivity contribution < 1.29 is 13.9 Å². The zero-order valence-corrected chi connectivity index (χ0v) is 20.5. The zero-order valence-electron chi connectivity index (χ0n) is 20.5. The molecule has 1 amide bonds. The molecule has 1 aliphatic rings. The number of hydrogen-bond acceptors (Lipinski definition) is 5. The summed E-state index contributed by atoms with van der Waals surface area (Å²) in [5.41, 5.74) is 4.01. The Morgan fingerprint density at radius 1 is 0.919 bits per heavy atom. The highest BCUT2D eigenvalue weighted by atomic mass is 16.5. The van der Waals surface area contributed by atoms with Gasteiger partial charge in [0.1, 0.15) is 17.1 Å². The number of carbonyl (C=O) groups excluding carboxylic acids is 1. The number of benzene rings is 3. The lowest BCUT2D eigenvalue weighted by molar-refractivity contribution is 0.0714. The van der Waals surface area contributed by atoms with Crippen LogP contribution in [0.1, 0.15) is 44.4 Å². The van der Waals surface area contributed by atoms with Crippen LogP contribution in [0.4, 0.5) is 0 Å². The molecule has 37 heavy (non-hydrogen) atoms. The minimum atomic E-state index is -0.636. The maximum atomic E-state index is 13.9. The van der Waals surface area contributed by atoms with E-state index in [0.29, 0.717) is 28.0 Å². The second-order valence-electron chi connectivity index (χ2n) is 9.32. The number of aryl methyl sites for hydroxylation is 2. The molecule has 5 aromatic rings. The van der Waals surface area contributed by atoms with Gasteiger partial charge in [-0.2, -0.15) is 0 Å². The molecule has 6 rings (SSSR count). The summed E-state index contributed by atoms with van der Waals surface area (Å²) < 4.78 is 12.3. The summed E-state index contributed by atoms with van der Waals surface area (Å²) in [6.07, 6.45) is 3.41. The summed E-state index contributed by atoms with van der Waals surface area (Å²) in [6, 6.07) is 23.9. The van der Waals surface area contributed by atoms with Crippen molar-refractivity contribution in [1.29, 1.82) is 0 Å². The number of amides is 1. The molecule has 0 saturated heterocycles. The lowest BCUT2D eigenvalue weighted by atomic mass is 9.97. The molecule has 182 valence electrons. The van der Waals surface area contributed by atoms with Gasteiger partial charge in [0, 0.05) is 18.9 Å². The monoisotopic (exact) mass is 488 g/mol. The first kappa shape index (κ1) is 22.7. The Morgan fingerprint density at radius 2 is 1.73 bits per heavy atom. The largest absolute Gasteiger partial charge is 0.457 e. The Hall–Kier alpha value is -4.71. The second kappa shape index (κ2) is 9.06. The molecule has 0 N–H and O–H groups in total. The normalized spacial score (nSPS) is 14.7. The van der Waals surface area contributed by atoms with Crippen molar-refractivity contribution in [2.45, 2.75) is 26.4 Å². The lowest BCUT2D eigenvalue weighted by Gasteiger charge is -2.25. The van der Waals surface area contributed by atoms with Crippen molar-refractivity contribution in [3.63, 3.8) is 0 Å². The Bertz CT molecular complexity index is 1690. The second-order valence-corrected chi connectivity index (χ2v) is 9.32. The SMILES string of the molecule is Cc1cc(C)c2oc3c(c(=O)c2c1)C(c1cccc(Oc2ccccc2)c1)N(Cc1cccnc1)C3=O. The first-order chi connectivity index (χ1) is 18.0. The molecule has 1 unspecified atom stereocenters. The van der Waals surface area contributed by atoms with E-state index in [2.05, 4.69) is 4.98 Å². The maximum absolute atomic E-state index is 13.9. The number of ether oxygens (including phenoxy) is 1. The summed E-state index contributed by atoms with van der Waals surface area (Å²) in [5.74, 6) is 1.08. The summed E-state index contributed by atoms with van der Waals surface area (Å²) in [4.78, 5) is 33.6. The number of para-hydroxylation sites is 1. The highest BCUT2D eigenvalue weighted by molar-refractivity contribution is 5.99. The highest BCUT2D eigenvalue weighted by Gasteiger charge is 2.43. The van der Waals surface area contributed by atoms with E-state index in [1.54, 1.807) is 17.3 Å². The summed E-state index contributed by atoms with van der Waals surface area (Å²) in [5, 5.41) is 0.481. The third-order valence-electron chi connectivity index (χ3n) is 6.63. The third-order valence-corrected chi connectivity index (χ3v) is 6.63. The van der Waals surface area contributed by atoms with E-state index in [1.807, 2.05) is 92.7 Å². The van der Waals surface area contributed by atoms with Crippen molar-refractivity contribution >= 4 is 16.9 Å². The van der Waals surface area contributed by atoms with Crippen molar-refractivity contribution in [3.05, 3.63) is 135 Å². The van der Waals surface area contributed by atoms with Gasteiger partial charge in [-0.15, -0.1) is 0 Å². The highest BCUT2D eigenvalue weighted by Crippen LogP contribution is 2.40. The average molecular weight is 489 g/mol. The van der Waals surface area contributed by atoms with Crippen LogP contribution in [0.2, 0.25) is 0 Å². The van der Waals surface area contributed by atoms with Gasteiger partial charge in [0.15, 0.2) is 5.43 Å². The van der Waals surface area contributed by atoms with Crippen LogP contribution in [0.15, 0.2) is 100 Å². The summed E-state index contributed by atoms with van der Waals surface area (Å²) in [6.45, 7) is 4.11. The summed E-state index contributed by atoms with van der Waals surface area (Å²) >= 11 is 0. The molecule has 0 bridgehead atoms. The van der Waals surface area contributed by atoms with E-state index in [1.165, 1.54) is 0 Å². The number of pyridine rings is 1. The van der Waals surface area contributed by atoms with Crippen molar-refractivity contribution in [1.82, 2.24) is 9.88 Å². The fourth-order valence-corrected chi connectivity index (χ4v) is 5.05. The van der Waals surface area contributed by atoms with Crippen LogP contribution < -0.4 is 10.2 Å². The molecule has 0 spiro atoms. The van der Waals surface area contributed by atoms with E-state index >= 15 is 0 Å². The molecular weight excluding hydrogens is 464 g/mol. The fraction of sp³-hybridized carbons (Fsp3) is 0.129. The number of carbonyl (C=O) groups is 1. The van der Waals surface area contributed by atoms with Gasteiger partial charge in [0.05, 0.1) is 17.0 Å². The lowest BCUT2D eigenvalue weighted by Crippen LogP contribution is -2.29. The van der Waals surface area contributed by atoms with E-state index in [9.17, 15) is 9.59 Å². The first-order valence-electron chi connectivity index (χ1n) is 12.1. The molecule has 1 atom stereocenters. The predicted molar refractivity (Wildman–Crippen MR) is 141 cm³/mol. The zero-order chi connectivity index (χ0) is 25.5. The smallest absolute Gasteiger partial charge is 0.291 e. The van der Waals surface area contributed by atoms with Gasteiger partial charge in [-0.25, -0.2) is 0 Å². The van der Waals surface area contributed by atoms with Gasteiger partial charge < -0.3 is 14.1 Å². The standard InChI is InChI=1S/C31H24N2O4/c1-19-14-20(2)29-25(15-19)28(34)26-27(22-9-6-12-24(16-22)36-23-10-4-3-5-11-23)33(31(35)30(26)37-29)18-21-8-7-13-32-17-21/h3-17,27H,18H2,1-2H3. The van der Waals surface area contributed by atoms with E-state index < -0.39 is 6.04 Å². The quantitative estimate of drug-likeness (QED) is 0.289. The topological polar surface area (TPSA) is 72.6 Å². The summed E-state index contributed by atoms with van der Waals surface area (Å²) in [7, 11) is 0. The van der Waals surface area contributed by atoms with Gasteiger partial charge >= 0.3 is 0 Å². The van der Waals surface area contributed by atoms with Crippen LogP contribution in [-0.2, 0) is 6.54 Å². The Balaban J connectivity index is 1.53. The molecule has 2 aromatic heterocycles. The van der Waals surface area contributed by atoms with Crippen LogP contribution in [0, 0.1) is 13.8 Å². The van der Waals surface area contributed by atoms with Crippen LogP contribution in [0.25, 0.3) is 11.0 Å². The predicted octanol–water partition coefficient (Wildman–Crippen LogP) is 6.34. The first-order valence-corrected chi connectivity index (χ1v) is 12.1. The molecule has 0 fully saturated rings. The number of fused-ring (bicyclic) bond motifs is 2. The van der Waals surface area contributed by atoms with Gasteiger partial charge in [-0.1, -0.05) is 42.5 Å². The van der Waals surface area contributed by atoms with Crippen molar-refractivity contribution in [2.75, 3.05) is 0 Å². The molecule has 6 nitrogen and oxygen atoms in total. The Kier molecular flexibility index (Phi) is 5.57. The Morgan fingerprint density at radius 3 is 2.51 bits per heavy atom. The fourth-order valence-electron chi connectivity index (χ4n) is 5.05.